The van der Waals surface area contributed by atoms with Crippen LogP contribution in [0.5, 0.6) is 0 Å². The van der Waals surface area contributed by atoms with E-state index in [0.717, 1.165) is 24.8 Å². The van der Waals surface area contributed by atoms with Crippen LogP contribution < -0.4 is 4.72 Å². The lowest BCUT2D eigenvalue weighted by Gasteiger charge is -2.32. The number of hydrogen-bond donors (Lipinski definition) is 1. The van der Waals surface area contributed by atoms with Crippen molar-refractivity contribution in [1.29, 1.82) is 0 Å². The first kappa shape index (κ1) is 14.4. The first-order chi connectivity index (χ1) is 8.99. The number of benzene rings is 1. The summed E-state index contributed by atoms with van der Waals surface area (Å²) in [5, 5.41) is 0. The highest BCUT2D eigenvalue weighted by molar-refractivity contribution is 7.87. The van der Waals surface area contributed by atoms with Crippen molar-refractivity contribution in [3.05, 3.63) is 35.6 Å². The molecule has 4 nitrogen and oxygen atoms in total. The summed E-state index contributed by atoms with van der Waals surface area (Å²) >= 11 is 0. The van der Waals surface area contributed by atoms with Crippen LogP contribution in [0.3, 0.4) is 0 Å². The molecule has 1 aliphatic heterocycles. The number of piperidine rings is 1. The standard InChI is InChI=1S/C13H19FN2O2S/c1-11-4-2-3-9-16(11)19(17,18)15-10-12-5-7-13(14)8-6-12/h5-8,11,15H,2-4,9-10H2,1H3/t11-/m0/s1. The SMILES string of the molecule is C[C@H]1CCCCN1S(=O)(=O)NCc1ccc(F)cc1. The van der Waals surface area contributed by atoms with E-state index in [9.17, 15) is 12.8 Å². The minimum absolute atomic E-state index is 0.0412. The van der Waals surface area contributed by atoms with Gasteiger partial charge in [-0.15, -0.1) is 0 Å². The Morgan fingerprint density at radius 2 is 2.00 bits per heavy atom. The second-order valence-corrected chi connectivity index (χ2v) is 6.62. The third-order valence-electron chi connectivity index (χ3n) is 3.42. The van der Waals surface area contributed by atoms with E-state index in [1.165, 1.54) is 16.4 Å². The van der Waals surface area contributed by atoms with Crippen molar-refractivity contribution in [2.45, 2.75) is 38.8 Å². The molecule has 0 aromatic heterocycles. The van der Waals surface area contributed by atoms with Crippen LogP contribution in [0, 0.1) is 5.82 Å². The molecule has 2 rings (SSSR count). The van der Waals surface area contributed by atoms with E-state index in [4.69, 9.17) is 0 Å². The van der Waals surface area contributed by atoms with Gasteiger partial charge in [0.25, 0.3) is 10.2 Å². The van der Waals surface area contributed by atoms with Crippen LogP contribution in [0.2, 0.25) is 0 Å². The molecule has 1 fully saturated rings. The molecule has 1 N–H and O–H groups in total. The third-order valence-corrected chi connectivity index (χ3v) is 5.09. The molecule has 0 spiro atoms. The average molecular weight is 286 g/mol. The molecule has 1 heterocycles. The highest BCUT2D eigenvalue weighted by atomic mass is 32.2. The molecule has 1 aromatic carbocycles. The van der Waals surface area contributed by atoms with Crippen LogP contribution in [0.25, 0.3) is 0 Å². The van der Waals surface area contributed by atoms with Crippen molar-refractivity contribution in [3.63, 3.8) is 0 Å². The fourth-order valence-corrected chi connectivity index (χ4v) is 3.75. The molecule has 106 valence electrons. The highest BCUT2D eigenvalue weighted by Crippen LogP contribution is 2.19. The maximum absolute atomic E-state index is 12.8. The quantitative estimate of drug-likeness (QED) is 0.920. The van der Waals surface area contributed by atoms with Crippen molar-refractivity contribution in [2.75, 3.05) is 6.54 Å². The number of halogens is 1. The second kappa shape index (κ2) is 5.98. The number of nitrogens with zero attached hydrogens (tertiary/aromatic N) is 1. The van der Waals surface area contributed by atoms with E-state index in [2.05, 4.69) is 4.72 Å². The summed E-state index contributed by atoms with van der Waals surface area (Å²) < 4.78 is 41.2. The van der Waals surface area contributed by atoms with Crippen molar-refractivity contribution in [3.8, 4) is 0 Å². The number of nitrogens with one attached hydrogen (secondary N) is 1. The van der Waals surface area contributed by atoms with Crippen LogP contribution in [0.15, 0.2) is 24.3 Å². The zero-order chi connectivity index (χ0) is 13.9. The minimum atomic E-state index is -3.45. The Hall–Kier alpha value is -0.980. The molecule has 0 amide bonds. The Balaban J connectivity index is 1.99. The zero-order valence-electron chi connectivity index (χ0n) is 11.0. The smallest absolute Gasteiger partial charge is 0.207 e. The Kier molecular flexibility index (Phi) is 4.54. The van der Waals surface area contributed by atoms with E-state index in [1.807, 2.05) is 6.92 Å². The van der Waals surface area contributed by atoms with Crippen LogP contribution >= 0.6 is 0 Å². The fourth-order valence-electron chi connectivity index (χ4n) is 2.29. The number of hydrogen-bond acceptors (Lipinski definition) is 2. The Morgan fingerprint density at radius 1 is 1.32 bits per heavy atom. The van der Waals surface area contributed by atoms with Gasteiger partial charge in [-0.25, -0.2) is 4.39 Å². The predicted molar refractivity (Wildman–Crippen MR) is 72.2 cm³/mol. The van der Waals surface area contributed by atoms with Gasteiger partial charge in [0.2, 0.25) is 0 Å². The van der Waals surface area contributed by atoms with E-state index in [0.29, 0.717) is 6.54 Å². The van der Waals surface area contributed by atoms with Crippen molar-refractivity contribution in [2.24, 2.45) is 0 Å². The van der Waals surface area contributed by atoms with Crippen LogP contribution in [0.4, 0.5) is 4.39 Å². The van der Waals surface area contributed by atoms with E-state index in [1.54, 1.807) is 12.1 Å². The van der Waals surface area contributed by atoms with Crippen LogP contribution in [0.1, 0.15) is 31.7 Å². The summed E-state index contributed by atoms with van der Waals surface area (Å²) in [5.74, 6) is -0.323. The monoisotopic (exact) mass is 286 g/mol. The predicted octanol–water partition coefficient (Wildman–Crippen LogP) is 2.03. The van der Waals surface area contributed by atoms with Crippen molar-refractivity contribution >= 4 is 10.2 Å². The summed E-state index contributed by atoms with van der Waals surface area (Å²) in [5.41, 5.74) is 0.745. The average Bonchev–Trinajstić information content (AvgIpc) is 2.38. The molecule has 1 aromatic rings. The van der Waals surface area contributed by atoms with Gasteiger partial charge in [0.15, 0.2) is 0 Å². The van der Waals surface area contributed by atoms with Gasteiger partial charge in [-0.2, -0.15) is 17.4 Å². The number of rotatable bonds is 4. The molecule has 1 aliphatic rings. The Bertz CT molecular complexity index is 516. The first-order valence-electron chi connectivity index (χ1n) is 6.50. The van der Waals surface area contributed by atoms with Gasteiger partial charge in [0.1, 0.15) is 5.82 Å². The van der Waals surface area contributed by atoms with Gasteiger partial charge in [-0.1, -0.05) is 18.6 Å². The van der Waals surface area contributed by atoms with Crippen LogP contribution in [-0.2, 0) is 16.8 Å². The molecule has 6 heteroatoms. The van der Waals surface area contributed by atoms with Gasteiger partial charge >= 0.3 is 0 Å². The van der Waals surface area contributed by atoms with E-state index >= 15 is 0 Å². The summed E-state index contributed by atoms with van der Waals surface area (Å²) in [4.78, 5) is 0. The minimum Gasteiger partial charge on any atom is -0.207 e. The van der Waals surface area contributed by atoms with E-state index in [-0.39, 0.29) is 18.4 Å². The lowest BCUT2D eigenvalue weighted by atomic mass is 10.1. The maximum Gasteiger partial charge on any atom is 0.279 e. The molecular weight excluding hydrogens is 267 g/mol. The largest absolute Gasteiger partial charge is 0.279 e. The van der Waals surface area contributed by atoms with Gasteiger partial charge in [0, 0.05) is 19.1 Å². The molecule has 1 saturated heterocycles. The van der Waals surface area contributed by atoms with Crippen LogP contribution in [-0.4, -0.2) is 25.3 Å². The molecule has 1 atom stereocenters. The second-order valence-electron chi connectivity index (χ2n) is 4.91. The molecule has 0 radical (unpaired) electrons. The Morgan fingerprint density at radius 3 is 2.63 bits per heavy atom. The normalized spacial score (nSPS) is 21.5. The Labute approximate surface area is 113 Å². The summed E-state index contributed by atoms with van der Waals surface area (Å²) in [6.45, 7) is 2.68. The van der Waals surface area contributed by atoms with Gasteiger partial charge < -0.3 is 0 Å². The molecule has 0 aliphatic carbocycles. The lowest BCUT2D eigenvalue weighted by molar-refractivity contribution is 0.265. The molecule has 0 unspecified atom stereocenters. The topological polar surface area (TPSA) is 49.4 Å². The first-order valence-corrected chi connectivity index (χ1v) is 7.94. The summed E-state index contributed by atoms with van der Waals surface area (Å²) in [7, 11) is -3.45. The van der Waals surface area contributed by atoms with Gasteiger partial charge in [-0.3, -0.25) is 0 Å². The molecular formula is C13H19FN2O2S. The third kappa shape index (κ3) is 3.75. The van der Waals surface area contributed by atoms with Gasteiger partial charge in [0.05, 0.1) is 0 Å². The maximum atomic E-state index is 12.8. The summed E-state index contributed by atoms with van der Waals surface area (Å²) in [6.07, 6.45) is 2.88. The lowest BCUT2D eigenvalue weighted by Crippen LogP contribution is -2.47. The molecule has 0 saturated carbocycles. The highest BCUT2D eigenvalue weighted by Gasteiger charge is 2.28. The zero-order valence-corrected chi connectivity index (χ0v) is 11.8. The van der Waals surface area contributed by atoms with Gasteiger partial charge in [-0.05, 0) is 37.5 Å². The van der Waals surface area contributed by atoms with Crippen molar-refractivity contribution in [1.82, 2.24) is 9.03 Å². The molecule has 19 heavy (non-hydrogen) atoms. The fraction of sp³-hybridized carbons (Fsp3) is 0.538. The summed E-state index contributed by atoms with van der Waals surface area (Å²) in [6, 6.07) is 5.86. The van der Waals surface area contributed by atoms with Crippen molar-refractivity contribution < 1.29 is 12.8 Å². The van der Waals surface area contributed by atoms with E-state index < -0.39 is 10.2 Å². The molecule has 0 bridgehead atoms.